The van der Waals surface area contributed by atoms with Gasteiger partial charge in [-0.1, -0.05) is 61.2 Å². The Morgan fingerprint density at radius 3 is 1.60 bits per heavy atom. The lowest BCUT2D eigenvalue weighted by Crippen LogP contribution is -2.68. The van der Waals surface area contributed by atoms with Crippen LogP contribution in [-0.2, 0) is 13.3 Å². The Morgan fingerprint density at radius 2 is 1.25 bits per heavy atom. The molecule has 0 amide bonds. The second-order valence-electron chi connectivity index (χ2n) is 15.2. The van der Waals surface area contributed by atoms with Crippen molar-refractivity contribution in [2.75, 3.05) is 19.6 Å². The minimum atomic E-state index is -2.35. The fourth-order valence-electron chi connectivity index (χ4n) is 7.56. The van der Waals surface area contributed by atoms with Gasteiger partial charge in [0.2, 0.25) is 8.32 Å². The van der Waals surface area contributed by atoms with Crippen LogP contribution in [0.2, 0.25) is 70.0 Å². The third-order valence-corrected chi connectivity index (χ3v) is 23.4. The van der Waals surface area contributed by atoms with Crippen molar-refractivity contribution >= 4 is 33.0 Å². The van der Waals surface area contributed by atoms with Crippen LogP contribution in [0.5, 0.6) is 0 Å². The molecule has 0 aromatic heterocycles. The van der Waals surface area contributed by atoms with E-state index in [0.717, 1.165) is 64.1 Å². The van der Waals surface area contributed by atoms with Crippen molar-refractivity contribution in [1.29, 1.82) is 0 Å². The number of hydrogen-bond acceptors (Lipinski definition) is 5. The molecule has 0 spiro atoms. The van der Waals surface area contributed by atoms with E-state index in [1.54, 1.807) is 0 Å². The van der Waals surface area contributed by atoms with Gasteiger partial charge in [-0.3, -0.25) is 0 Å². The average Bonchev–Trinajstić information content (AvgIpc) is 2.85. The zero-order chi connectivity index (χ0) is 31.7. The molecule has 0 rings (SSSR count). The molecule has 3 N–H and O–H groups in total. The van der Waals surface area contributed by atoms with Crippen LogP contribution in [0.4, 0.5) is 0 Å². The second-order valence-corrected chi connectivity index (χ2v) is 33.4. The largest absolute Gasteiger partial charge is 0.417 e. The van der Waals surface area contributed by atoms with E-state index in [-0.39, 0.29) is 15.9 Å². The Kier molecular flexibility index (Phi) is 16.4. The standard InChI is InChI=1S/C31H74N2O3Si4/c1-17-28(37(8,9)10)34-40(16,27-23-25-33-26-24-32)31(21-5,22-6)30(19-3,20-4)36-39(14,15)29(7,18-2)35-38(11,12)13/h28,33H,17-27,32H2,1-16H3. The lowest BCUT2D eigenvalue weighted by Gasteiger charge is -2.62. The fraction of sp³-hybridized carbons (Fsp3) is 1.00. The molecular formula is C31H74N2O3Si4. The van der Waals surface area contributed by atoms with Gasteiger partial charge in [0.15, 0.2) is 16.6 Å². The lowest BCUT2D eigenvalue weighted by atomic mass is 9.78. The Bertz CT molecular complexity index is 718. The van der Waals surface area contributed by atoms with Crippen molar-refractivity contribution in [2.45, 2.75) is 180 Å². The van der Waals surface area contributed by atoms with E-state index in [9.17, 15) is 0 Å². The second kappa shape index (κ2) is 16.1. The molecule has 242 valence electrons. The van der Waals surface area contributed by atoms with E-state index in [2.05, 4.69) is 113 Å². The van der Waals surface area contributed by atoms with Crippen LogP contribution < -0.4 is 11.1 Å². The molecule has 0 aliphatic carbocycles. The first-order valence-electron chi connectivity index (χ1n) is 16.7. The van der Waals surface area contributed by atoms with Gasteiger partial charge < -0.3 is 24.3 Å². The van der Waals surface area contributed by atoms with Gasteiger partial charge in [-0.15, -0.1) is 0 Å². The quantitative estimate of drug-likeness (QED) is 0.0919. The summed E-state index contributed by atoms with van der Waals surface area (Å²) >= 11 is 0. The number of nitrogens with one attached hydrogen (secondary N) is 1. The Morgan fingerprint density at radius 1 is 0.725 bits per heavy atom. The molecule has 0 saturated carbocycles. The van der Waals surface area contributed by atoms with Crippen molar-refractivity contribution in [3.05, 3.63) is 0 Å². The molecule has 0 radical (unpaired) electrons. The number of nitrogens with two attached hydrogens (primary N) is 1. The van der Waals surface area contributed by atoms with Gasteiger partial charge in [0.05, 0.1) is 18.9 Å². The van der Waals surface area contributed by atoms with Crippen molar-refractivity contribution in [1.82, 2.24) is 5.32 Å². The summed E-state index contributed by atoms with van der Waals surface area (Å²) in [5.74, 6) is 0. The van der Waals surface area contributed by atoms with Crippen LogP contribution in [0.25, 0.3) is 0 Å². The predicted molar refractivity (Wildman–Crippen MR) is 190 cm³/mol. The van der Waals surface area contributed by atoms with Crippen molar-refractivity contribution in [3.8, 4) is 0 Å². The normalized spacial score (nSPS) is 17.9. The zero-order valence-corrected chi connectivity index (χ0v) is 34.2. The summed E-state index contributed by atoms with van der Waals surface area (Å²) in [6.07, 6.45) is 7.41. The van der Waals surface area contributed by atoms with Gasteiger partial charge in [0.25, 0.3) is 0 Å². The molecule has 0 aromatic carbocycles. The summed E-state index contributed by atoms with van der Waals surface area (Å²) in [6, 6.07) is 1.15. The monoisotopic (exact) mass is 634 g/mol. The van der Waals surface area contributed by atoms with Gasteiger partial charge in [0, 0.05) is 23.9 Å². The number of rotatable bonds is 22. The average molecular weight is 635 g/mol. The molecule has 9 heteroatoms. The first-order chi connectivity index (χ1) is 18.2. The summed E-state index contributed by atoms with van der Waals surface area (Å²) in [4.78, 5) is 0. The zero-order valence-electron chi connectivity index (χ0n) is 30.2. The van der Waals surface area contributed by atoms with E-state index >= 15 is 0 Å². The summed E-state index contributed by atoms with van der Waals surface area (Å²) in [6.45, 7) is 41.0. The van der Waals surface area contributed by atoms with Gasteiger partial charge in [0.1, 0.15) is 0 Å². The van der Waals surface area contributed by atoms with Gasteiger partial charge in [-0.2, -0.15) is 0 Å². The third kappa shape index (κ3) is 9.58. The molecule has 0 bridgehead atoms. The third-order valence-electron chi connectivity index (χ3n) is 10.2. The number of hydrogen-bond donors (Lipinski definition) is 2. The summed E-state index contributed by atoms with van der Waals surface area (Å²) < 4.78 is 22.5. The summed E-state index contributed by atoms with van der Waals surface area (Å²) in [5.41, 5.74) is 5.91. The Hall–Kier alpha value is 0.668. The molecule has 0 heterocycles. The molecule has 5 nitrogen and oxygen atoms in total. The molecule has 3 atom stereocenters. The van der Waals surface area contributed by atoms with Crippen LogP contribution in [0.15, 0.2) is 0 Å². The van der Waals surface area contributed by atoms with Gasteiger partial charge in [-0.05, 0) is 104 Å². The highest BCUT2D eigenvalue weighted by Crippen LogP contribution is 2.61. The molecule has 3 unspecified atom stereocenters. The Balaban J connectivity index is 7.11. The fourth-order valence-corrected chi connectivity index (χ4v) is 22.3. The SMILES string of the molecule is CCC(O[Si](C)(CCCNCCN)C(CC)(CC)C(CC)(CC)O[Si](C)(C)C(C)(CC)O[Si](C)(C)C)[Si](C)(C)C. The maximum Gasteiger partial charge on any atom is 0.217 e. The van der Waals surface area contributed by atoms with E-state index in [0.29, 0.717) is 12.3 Å². The molecule has 0 aliphatic rings. The van der Waals surface area contributed by atoms with Crippen LogP contribution in [-0.4, -0.2) is 69.2 Å². The molecule has 40 heavy (non-hydrogen) atoms. The summed E-state index contributed by atoms with van der Waals surface area (Å²) in [7, 11) is -7.97. The van der Waals surface area contributed by atoms with Crippen LogP contribution in [0, 0.1) is 0 Å². The maximum atomic E-state index is 7.84. The van der Waals surface area contributed by atoms with Crippen molar-refractivity contribution in [2.24, 2.45) is 5.73 Å². The lowest BCUT2D eigenvalue weighted by molar-refractivity contribution is -0.0333. The first-order valence-corrected chi connectivity index (χ1v) is 29.2. The van der Waals surface area contributed by atoms with Crippen LogP contribution in [0.1, 0.15) is 93.4 Å². The smallest absolute Gasteiger partial charge is 0.217 e. The van der Waals surface area contributed by atoms with E-state index < -0.39 is 33.0 Å². The molecule has 0 fully saturated rings. The van der Waals surface area contributed by atoms with Crippen molar-refractivity contribution < 1.29 is 13.3 Å². The van der Waals surface area contributed by atoms with E-state index in [1.165, 1.54) is 0 Å². The van der Waals surface area contributed by atoms with Crippen LogP contribution in [0.3, 0.4) is 0 Å². The molecular weight excluding hydrogens is 561 g/mol. The molecule has 0 aliphatic heterocycles. The topological polar surface area (TPSA) is 65.7 Å². The van der Waals surface area contributed by atoms with Gasteiger partial charge in [-0.25, -0.2) is 0 Å². The van der Waals surface area contributed by atoms with E-state index in [4.69, 9.17) is 19.0 Å². The predicted octanol–water partition coefficient (Wildman–Crippen LogP) is 9.07. The minimum Gasteiger partial charge on any atom is -0.417 e. The Labute approximate surface area is 256 Å². The summed E-state index contributed by atoms with van der Waals surface area (Å²) in [5, 5.41) is 3.34. The van der Waals surface area contributed by atoms with Gasteiger partial charge >= 0.3 is 0 Å². The highest BCUT2D eigenvalue weighted by atomic mass is 28.4. The minimum absolute atomic E-state index is 0.00250. The maximum absolute atomic E-state index is 7.84. The molecule has 0 aromatic rings. The van der Waals surface area contributed by atoms with Crippen molar-refractivity contribution in [3.63, 3.8) is 0 Å². The first kappa shape index (κ1) is 40.7. The highest BCUT2D eigenvalue weighted by Gasteiger charge is 2.64. The highest BCUT2D eigenvalue weighted by molar-refractivity contribution is 6.81. The van der Waals surface area contributed by atoms with E-state index in [1.807, 2.05) is 0 Å². The van der Waals surface area contributed by atoms with Crippen LogP contribution >= 0.6 is 0 Å². The molecule has 0 saturated heterocycles.